The van der Waals surface area contributed by atoms with E-state index in [9.17, 15) is 18.6 Å². The Morgan fingerprint density at radius 2 is 1.73 bits per heavy atom. The van der Waals surface area contributed by atoms with Crippen LogP contribution in [0.25, 0.3) is 0 Å². The van der Waals surface area contributed by atoms with Crippen LogP contribution in [0.4, 0.5) is 5.69 Å². The number of aliphatic hydroxyl groups excluding tert-OH is 1. The standard InChI is InChI=1S/C15H14N2O4S/c18-14-7-6-12(8-11-4-2-1-3-5-11)9-13(14)17-10-15(19)16-22(17,20)21/h1-7,9-10,16,18-19H,8H2. The summed E-state index contributed by atoms with van der Waals surface area (Å²) in [4.78, 5) is 0. The van der Waals surface area contributed by atoms with E-state index in [1.54, 1.807) is 12.1 Å². The largest absolute Gasteiger partial charge is 0.506 e. The molecule has 3 N–H and O–H groups in total. The lowest BCUT2D eigenvalue weighted by molar-refractivity contribution is 0.392. The maximum Gasteiger partial charge on any atom is 0.330 e. The number of benzene rings is 2. The molecule has 0 fully saturated rings. The second-order valence-corrected chi connectivity index (χ2v) is 6.45. The van der Waals surface area contributed by atoms with Gasteiger partial charge in [-0.2, -0.15) is 8.42 Å². The predicted octanol–water partition coefficient (Wildman–Crippen LogP) is 1.99. The summed E-state index contributed by atoms with van der Waals surface area (Å²) in [6, 6.07) is 14.4. The molecule has 0 saturated carbocycles. The number of nitrogens with zero attached hydrogens (tertiary/aromatic N) is 1. The molecule has 2 aromatic carbocycles. The minimum atomic E-state index is -3.92. The lowest BCUT2D eigenvalue weighted by Gasteiger charge is -2.16. The molecule has 3 rings (SSSR count). The van der Waals surface area contributed by atoms with Crippen molar-refractivity contribution in [3.05, 3.63) is 71.7 Å². The molecule has 0 aliphatic carbocycles. The van der Waals surface area contributed by atoms with Gasteiger partial charge in [0, 0.05) is 0 Å². The van der Waals surface area contributed by atoms with Crippen molar-refractivity contribution in [3.8, 4) is 5.75 Å². The quantitative estimate of drug-likeness (QED) is 0.807. The van der Waals surface area contributed by atoms with Crippen LogP contribution in [-0.2, 0) is 16.6 Å². The number of anilines is 1. The third kappa shape index (κ3) is 2.71. The number of aliphatic hydroxyl groups is 1. The monoisotopic (exact) mass is 318 g/mol. The number of phenols is 1. The van der Waals surface area contributed by atoms with Crippen molar-refractivity contribution in [3.63, 3.8) is 0 Å². The molecule has 114 valence electrons. The Morgan fingerprint density at radius 3 is 2.36 bits per heavy atom. The van der Waals surface area contributed by atoms with Crippen LogP contribution in [0.1, 0.15) is 11.1 Å². The third-order valence-electron chi connectivity index (χ3n) is 3.26. The second-order valence-electron chi connectivity index (χ2n) is 4.90. The molecule has 0 aromatic heterocycles. The summed E-state index contributed by atoms with van der Waals surface area (Å²) in [5.74, 6) is -0.680. The lowest BCUT2D eigenvalue weighted by atomic mass is 10.0. The van der Waals surface area contributed by atoms with E-state index < -0.39 is 16.1 Å². The van der Waals surface area contributed by atoms with Crippen LogP contribution in [0.5, 0.6) is 5.75 Å². The van der Waals surface area contributed by atoms with E-state index in [-0.39, 0.29) is 11.4 Å². The summed E-state index contributed by atoms with van der Waals surface area (Å²) in [6.07, 6.45) is 1.61. The molecule has 0 bridgehead atoms. The molecular weight excluding hydrogens is 304 g/mol. The highest BCUT2D eigenvalue weighted by molar-refractivity contribution is 7.91. The summed E-state index contributed by atoms with van der Waals surface area (Å²) in [6.45, 7) is 0. The Hall–Kier alpha value is -2.67. The average Bonchev–Trinajstić information content (AvgIpc) is 2.75. The molecule has 0 spiro atoms. The maximum absolute atomic E-state index is 11.9. The van der Waals surface area contributed by atoms with Crippen LogP contribution >= 0.6 is 0 Å². The molecule has 0 amide bonds. The third-order valence-corrected chi connectivity index (χ3v) is 4.55. The number of hydrogen-bond donors (Lipinski definition) is 3. The Bertz CT molecular complexity index is 832. The smallest absolute Gasteiger partial charge is 0.330 e. The molecule has 0 saturated heterocycles. The Balaban J connectivity index is 1.97. The number of aromatic hydroxyl groups is 1. The van der Waals surface area contributed by atoms with E-state index in [0.717, 1.165) is 21.6 Å². The molecule has 1 heterocycles. The number of hydrogen-bond acceptors (Lipinski definition) is 4. The van der Waals surface area contributed by atoms with Gasteiger partial charge in [-0.15, -0.1) is 0 Å². The van der Waals surface area contributed by atoms with E-state index >= 15 is 0 Å². The van der Waals surface area contributed by atoms with Crippen LogP contribution in [0, 0.1) is 0 Å². The molecule has 0 radical (unpaired) electrons. The van der Waals surface area contributed by atoms with Crippen molar-refractivity contribution in [1.29, 1.82) is 0 Å². The number of nitrogens with one attached hydrogen (secondary N) is 1. The first kappa shape index (κ1) is 14.3. The molecule has 0 unspecified atom stereocenters. The molecular formula is C15H14N2O4S. The van der Waals surface area contributed by atoms with Gasteiger partial charge in [0.1, 0.15) is 11.4 Å². The van der Waals surface area contributed by atoms with Crippen molar-refractivity contribution >= 4 is 15.9 Å². The minimum absolute atomic E-state index is 0.0879. The fraction of sp³-hybridized carbons (Fsp3) is 0.0667. The predicted molar refractivity (Wildman–Crippen MR) is 82.6 cm³/mol. The zero-order chi connectivity index (χ0) is 15.7. The zero-order valence-corrected chi connectivity index (χ0v) is 12.3. The molecule has 1 aliphatic rings. The van der Waals surface area contributed by atoms with E-state index in [4.69, 9.17) is 0 Å². The fourth-order valence-corrected chi connectivity index (χ4v) is 3.33. The van der Waals surface area contributed by atoms with Crippen LogP contribution in [-0.4, -0.2) is 18.6 Å². The normalized spacial score (nSPS) is 16.2. The van der Waals surface area contributed by atoms with Gasteiger partial charge < -0.3 is 10.2 Å². The van der Waals surface area contributed by atoms with Crippen LogP contribution < -0.4 is 9.03 Å². The topological polar surface area (TPSA) is 89.9 Å². The van der Waals surface area contributed by atoms with Gasteiger partial charge in [-0.25, -0.2) is 9.03 Å². The molecule has 1 aliphatic heterocycles. The maximum atomic E-state index is 11.9. The average molecular weight is 318 g/mol. The molecule has 2 aromatic rings. The molecule has 6 nitrogen and oxygen atoms in total. The molecule has 7 heteroatoms. The van der Waals surface area contributed by atoms with Gasteiger partial charge in [0.15, 0.2) is 0 Å². The van der Waals surface area contributed by atoms with Gasteiger partial charge in [-0.3, -0.25) is 0 Å². The van der Waals surface area contributed by atoms with Crippen molar-refractivity contribution in [1.82, 2.24) is 4.72 Å². The van der Waals surface area contributed by atoms with E-state index in [0.29, 0.717) is 6.42 Å². The van der Waals surface area contributed by atoms with Crippen molar-refractivity contribution in [2.24, 2.45) is 0 Å². The SMILES string of the molecule is O=S1(=O)NC(O)=CN1c1cc(Cc2ccccc2)ccc1O. The highest BCUT2D eigenvalue weighted by atomic mass is 32.2. The highest BCUT2D eigenvalue weighted by Crippen LogP contribution is 2.33. The fourth-order valence-electron chi connectivity index (χ4n) is 2.27. The van der Waals surface area contributed by atoms with Gasteiger partial charge in [0.25, 0.3) is 0 Å². The lowest BCUT2D eigenvalue weighted by Crippen LogP contribution is -2.29. The van der Waals surface area contributed by atoms with Crippen LogP contribution in [0.2, 0.25) is 0 Å². The first-order chi connectivity index (χ1) is 10.5. The van der Waals surface area contributed by atoms with Crippen molar-refractivity contribution < 1.29 is 18.6 Å². The summed E-state index contributed by atoms with van der Waals surface area (Å²) in [5.41, 5.74) is 2.00. The van der Waals surface area contributed by atoms with E-state index in [2.05, 4.69) is 0 Å². The van der Waals surface area contributed by atoms with Gasteiger partial charge in [-0.1, -0.05) is 36.4 Å². The first-order valence-electron chi connectivity index (χ1n) is 6.54. The Labute approximate surface area is 128 Å². The summed E-state index contributed by atoms with van der Waals surface area (Å²) >= 11 is 0. The molecule has 22 heavy (non-hydrogen) atoms. The van der Waals surface area contributed by atoms with Gasteiger partial charge in [0.2, 0.25) is 5.88 Å². The minimum Gasteiger partial charge on any atom is -0.506 e. The molecule has 0 atom stereocenters. The van der Waals surface area contributed by atoms with E-state index in [1.165, 1.54) is 6.07 Å². The van der Waals surface area contributed by atoms with Gasteiger partial charge in [-0.05, 0) is 29.7 Å². The summed E-state index contributed by atoms with van der Waals surface area (Å²) < 4.78 is 26.5. The van der Waals surface area contributed by atoms with E-state index in [1.807, 2.05) is 35.1 Å². The van der Waals surface area contributed by atoms with Crippen LogP contribution in [0.15, 0.2) is 60.6 Å². The summed E-state index contributed by atoms with van der Waals surface area (Å²) in [5, 5.41) is 19.3. The Morgan fingerprint density at radius 1 is 1.00 bits per heavy atom. The van der Waals surface area contributed by atoms with Gasteiger partial charge >= 0.3 is 10.2 Å². The van der Waals surface area contributed by atoms with Crippen molar-refractivity contribution in [2.45, 2.75) is 6.42 Å². The number of rotatable bonds is 3. The summed E-state index contributed by atoms with van der Waals surface area (Å²) in [7, 11) is -3.92. The van der Waals surface area contributed by atoms with Crippen molar-refractivity contribution in [2.75, 3.05) is 4.31 Å². The zero-order valence-electron chi connectivity index (χ0n) is 11.5. The highest BCUT2D eigenvalue weighted by Gasteiger charge is 2.30. The van der Waals surface area contributed by atoms with Crippen LogP contribution in [0.3, 0.4) is 0 Å². The Kier molecular flexibility index (Phi) is 3.42. The first-order valence-corrected chi connectivity index (χ1v) is 7.98. The number of phenolic OH excluding ortho intramolecular Hbond substituents is 1. The second kappa shape index (κ2) is 5.27. The van der Waals surface area contributed by atoms with Gasteiger partial charge in [0.05, 0.1) is 6.20 Å².